The quantitative estimate of drug-likeness (QED) is 0.349. The molecule has 1 heterocycles. The van der Waals surface area contributed by atoms with E-state index in [-0.39, 0.29) is 23.0 Å². The number of benzene rings is 2. The summed E-state index contributed by atoms with van der Waals surface area (Å²) in [5.41, 5.74) is 2.55. The van der Waals surface area contributed by atoms with Gasteiger partial charge in [0.2, 0.25) is 15.8 Å². The predicted octanol–water partition coefficient (Wildman–Crippen LogP) is 2.91. The summed E-state index contributed by atoms with van der Waals surface area (Å²) < 4.78 is 30.1. The van der Waals surface area contributed by atoms with Crippen LogP contribution in [0.15, 0.2) is 59.5 Å². The van der Waals surface area contributed by atoms with Crippen molar-refractivity contribution in [1.29, 1.82) is 0 Å². The normalized spacial score (nSPS) is 11.3. The summed E-state index contributed by atoms with van der Waals surface area (Å²) in [6, 6.07) is 13.2. The maximum atomic E-state index is 12.7. The van der Waals surface area contributed by atoms with E-state index in [1.54, 1.807) is 25.1 Å². The number of nitrogens with zero attached hydrogens (tertiary/aromatic N) is 2. The standard InChI is InChI=1S/C20H19N3O6S/c1-13-11-19(20(24)12-29-17-7-3-16(4-8-17)23(25)26)14(2)22(13)15-5-9-18(10-6-15)30(21,27)28/h3-11H,12H2,1-2H3,(H2,21,27,28). The molecule has 0 atom stereocenters. The first-order valence-corrected chi connectivity index (χ1v) is 10.3. The number of sulfonamides is 1. The molecule has 0 bridgehead atoms. The molecule has 30 heavy (non-hydrogen) atoms. The van der Waals surface area contributed by atoms with E-state index in [0.717, 1.165) is 5.69 Å². The van der Waals surface area contributed by atoms with Crippen LogP contribution in [0, 0.1) is 24.0 Å². The number of nitrogens with two attached hydrogens (primary N) is 1. The minimum Gasteiger partial charge on any atom is -0.485 e. The van der Waals surface area contributed by atoms with Crippen molar-refractivity contribution in [2.45, 2.75) is 18.7 Å². The number of ketones is 1. The number of rotatable bonds is 7. The lowest BCUT2D eigenvalue weighted by Crippen LogP contribution is -2.13. The van der Waals surface area contributed by atoms with Crippen molar-refractivity contribution in [3.05, 3.63) is 81.7 Å². The van der Waals surface area contributed by atoms with Crippen LogP contribution in [-0.4, -0.2) is 30.3 Å². The number of aryl methyl sites for hydroxylation is 1. The zero-order chi connectivity index (χ0) is 22.1. The summed E-state index contributed by atoms with van der Waals surface area (Å²) in [6.07, 6.45) is 0. The molecule has 2 aromatic carbocycles. The molecule has 0 amide bonds. The number of carbonyl (C=O) groups is 1. The van der Waals surface area contributed by atoms with E-state index in [4.69, 9.17) is 9.88 Å². The number of carbonyl (C=O) groups excluding carboxylic acids is 1. The summed E-state index contributed by atoms with van der Waals surface area (Å²) in [4.78, 5) is 22.8. The molecule has 1 aromatic heterocycles. The molecule has 0 fully saturated rings. The molecule has 10 heteroatoms. The van der Waals surface area contributed by atoms with Crippen LogP contribution in [0.25, 0.3) is 5.69 Å². The fraction of sp³-hybridized carbons (Fsp3) is 0.150. The van der Waals surface area contributed by atoms with Crippen LogP contribution in [0.4, 0.5) is 5.69 Å². The van der Waals surface area contributed by atoms with Gasteiger partial charge in [0.05, 0.1) is 9.82 Å². The average Bonchev–Trinajstić information content (AvgIpc) is 3.00. The second-order valence-electron chi connectivity index (χ2n) is 6.62. The molecule has 0 radical (unpaired) electrons. The highest BCUT2D eigenvalue weighted by Gasteiger charge is 2.18. The van der Waals surface area contributed by atoms with Gasteiger partial charge < -0.3 is 9.30 Å². The molecular weight excluding hydrogens is 410 g/mol. The number of aromatic nitrogens is 1. The second-order valence-corrected chi connectivity index (χ2v) is 8.18. The Labute approximate surface area is 172 Å². The Balaban J connectivity index is 1.79. The molecule has 0 aliphatic carbocycles. The highest BCUT2D eigenvalue weighted by molar-refractivity contribution is 7.89. The summed E-state index contributed by atoms with van der Waals surface area (Å²) >= 11 is 0. The Kier molecular flexibility index (Phi) is 5.72. The molecule has 156 valence electrons. The Bertz CT molecular complexity index is 1210. The number of nitro groups is 1. The maximum absolute atomic E-state index is 12.7. The van der Waals surface area contributed by atoms with Gasteiger partial charge in [0.1, 0.15) is 5.75 Å². The van der Waals surface area contributed by atoms with Crippen molar-refractivity contribution >= 4 is 21.5 Å². The van der Waals surface area contributed by atoms with Gasteiger partial charge in [-0.25, -0.2) is 13.6 Å². The first-order chi connectivity index (χ1) is 14.1. The first-order valence-electron chi connectivity index (χ1n) is 8.80. The third-order valence-electron chi connectivity index (χ3n) is 4.57. The zero-order valence-corrected chi connectivity index (χ0v) is 17.0. The number of hydrogen-bond acceptors (Lipinski definition) is 6. The molecule has 0 saturated heterocycles. The largest absolute Gasteiger partial charge is 0.485 e. The first kappa shape index (κ1) is 21.2. The molecule has 0 aliphatic rings. The van der Waals surface area contributed by atoms with Crippen LogP contribution in [-0.2, 0) is 10.0 Å². The summed E-state index contributed by atoms with van der Waals surface area (Å²) in [5, 5.41) is 15.8. The van der Waals surface area contributed by atoms with Gasteiger partial charge in [-0.05, 0) is 56.3 Å². The van der Waals surface area contributed by atoms with Crippen LogP contribution >= 0.6 is 0 Å². The summed E-state index contributed by atoms with van der Waals surface area (Å²) in [7, 11) is -3.79. The monoisotopic (exact) mass is 429 g/mol. The van der Waals surface area contributed by atoms with Gasteiger partial charge in [0.25, 0.3) is 5.69 Å². The van der Waals surface area contributed by atoms with Gasteiger partial charge in [0.15, 0.2) is 6.61 Å². The highest BCUT2D eigenvalue weighted by atomic mass is 32.2. The lowest BCUT2D eigenvalue weighted by molar-refractivity contribution is -0.384. The van der Waals surface area contributed by atoms with E-state index in [9.17, 15) is 23.3 Å². The molecule has 2 N–H and O–H groups in total. The number of Topliss-reactive ketones (excluding diaryl/α,β-unsaturated/α-hetero) is 1. The number of primary sulfonamides is 1. The van der Waals surface area contributed by atoms with Gasteiger partial charge >= 0.3 is 0 Å². The lowest BCUT2D eigenvalue weighted by Gasteiger charge is -2.11. The molecule has 0 aliphatic heterocycles. The fourth-order valence-corrected chi connectivity index (χ4v) is 3.63. The third kappa shape index (κ3) is 4.39. The second kappa shape index (κ2) is 8.09. The topological polar surface area (TPSA) is 135 Å². The van der Waals surface area contributed by atoms with Crippen molar-refractivity contribution in [2.75, 3.05) is 6.61 Å². The lowest BCUT2D eigenvalue weighted by atomic mass is 10.1. The fourth-order valence-electron chi connectivity index (χ4n) is 3.12. The summed E-state index contributed by atoms with van der Waals surface area (Å²) in [5.74, 6) is 0.0928. The van der Waals surface area contributed by atoms with Crippen LogP contribution in [0.2, 0.25) is 0 Å². The van der Waals surface area contributed by atoms with Gasteiger partial charge in [-0.2, -0.15) is 0 Å². The van der Waals surface area contributed by atoms with Gasteiger partial charge in [0, 0.05) is 34.8 Å². The molecule has 0 spiro atoms. The molecule has 3 rings (SSSR count). The van der Waals surface area contributed by atoms with E-state index in [0.29, 0.717) is 22.7 Å². The predicted molar refractivity (Wildman–Crippen MR) is 110 cm³/mol. The third-order valence-corrected chi connectivity index (χ3v) is 5.50. The maximum Gasteiger partial charge on any atom is 0.269 e. The van der Waals surface area contributed by atoms with E-state index >= 15 is 0 Å². The van der Waals surface area contributed by atoms with E-state index in [2.05, 4.69) is 0 Å². The van der Waals surface area contributed by atoms with Crippen molar-refractivity contribution in [3.63, 3.8) is 0 Å². The molecular formula is C20H19N3O6S. The van der Waals surface area contributed by atoms with Gasteiger partial charge in [-0.3, -0.25) is 14.9 Å². The minimum atomic E-state index is -3.79. The minimum absolute atomic E-state index is 0.00140. The van der Waals surface area contributed by atoms with E-state index in [1.165, 1.54) is 36.4 Å². The Morgan fingerprint density at radius 1 is 1.10 bits per heavy atom. The smallest absolute Gasteiger partial charge is 0.269 e. The number of nitro benzene ring substituents is 1. The molecule has 9 nitrogen and oxygen atoms in total. The van der Waals surface area contributed by atoms with Crippen LogP contribution < -0.4 is 9.88 Å². The van der Waals surface area contributed by atoms with Crippen LogP contribution in [0.1, 0.15) is 21.7 Å². The Hall–Kier alpha value is -3.50. The van der Waals surface area contributed by atoms with Crippen molar-refractivity contribution < 1.29 is 22.9 Å². The Morgan fingerprint density at radius 2 is 1.70 bits per heavy atom. The van der Waals surface area contributed by atoms with Gasteiger partial charge in [-0.1, -0.05) is 0 Å². The van der Waals surface area contributed by atoms with Crippen molar-refractivity contribution in [1.82, 2.24) is 4.57 Å². The van der Waals surface area contributed by atoms with E-state index < -0.39 is 14.9 Å². The molecule has 0 saturated carbocycles. The van der Waals surface area contributed by atoms with Crippen molar-refractivity contribution in [2.24, 2.45) is 5.14 Å². The number of hydrogen-bond donors (Lipinski definition) is 1. The number of ether oxygens (including phenoxy) is 1. The zero-order valence-electron chi connectivity index (χ0n) is 16.2. The van der Waals surface area contributed by atoms with Gasteiger partial charge in [-0.15, -0.1) is 0 Å². The number of non-ortho nitro benzene ring substituents is 1. The molecule has 3 aromatic rings. The average molecular weight is 429 g/mol. The van der Waals surface area contributed by atoms with Crippen LogP contribution in [0.5, 0.6) is 5.75 Å². The van der Waals surface area contributed by atoms with E-state index in [1.807, 2.05) is 11.5 Å². The Morgan fingerprint density at radius 3 is 2.23 bits per heavy atom. The summed E-state index contributed by atoms with van der Waals surface area (Å²) in [6.45, 7) is 3.38. The molecule has 0 unspecified atom stereocenters. The van der Waals surface area contributed by atoms with Crippen LogP contribution in [0.3, 0.4) is 0 Å². The van der Waals surface area contributed by atoms with Crippen molar-refractivity contribution in [3.8, 4) is 11.4 Å². The SMILES string of the molecule is Cc1cc(C(=O)COc2ccc([N+](=O)[O-])cc2)c(C)n1-c1ccc(S(N)(=O)=O)cc1. The highest BCUT2D eigenvalue weighted by Crippen LogP contribution is 2.23.